The van der Waals surface area contributed by atoms with Crippen LogP contribution in [0.25, 0.3) is 0 Å². The van der Waals surface area contributed by atoms with Gasteiger partial charge in [-0.15, -0.1) is 0 Å². The van der Waals surface area contributed by atoms with Crippen molar-refractivity contribution in [2.24, 2.45) is 0 Å². The Bertz CT molecular complexity index is 959. The van der Waals surface area contributed by atoms with Crippen molar-refractivity contribution in [3.05, 3.63) is 35.9 Å². The minimum atomic E-state index is -1.01. The highest BCUT2D eigenvalue weighted by atomic mass is 16.2. The maximum atomic E-state index is 12.3. The van der Waals surface area contributed by atoms with E-state index in [1.54, 1.807) is 35.2 Å². The molecule has 1 aromatic rings. The van der Waals surface area contributed by atoms with Crippen LogP contribution in [0.2, 0.25) is 0 Å². The fraction of sp³-hybridized carbons (Fsp3) is 0.500. The topological polar surface area (TPSA) is 157 Å². The smallest absolute Gasteiger partial charge is 0.289 e. The molecule has 1 fully saturated rings. The van der Waals surface area contributed by atoms with Gasteiger partial charge in [-0.25, -0.2) is 0 Å². The standard InChI is InChI=1S/C24H34N6O6/c1-16(28-20(32)14-26-23(35)17-7-5-4-6-8-17)22(34)25-13-19(31)24(36)27-15-21(33)30-11-9-18(10-12-30)29(2)3/h4-8,16,18H,9-15H2,1-3H3,(H,25,34)(H,26,35)(H,27,36)(H,28,32)/t16-/m0/s1. The first-order valence-corrected chi connectivity index (χ1v) is 11.7. The van der Waals surface area contributed by atoms with Gasteiger partial charge in [0.05, 0.1) is 19.6 Å². The van der Waals surface area contributed by atoms with Gasteiger partial charge >= 0.3 is 0 Å². The molecule has 0 unspecified atom stereocenters. The first kappa shape index (κ1) is 28.4. The van der Waals surface area contributed by atoms with Crippen LogP contribution >= 0.6 is 0 Å². The molecule has 1 heterocycles. The van der Waals surface area contributed by atoms with Crippen LogP contribution in [0.3, 0.4) is 0 Å². The van der Waals surface area contributed by atoms with Crippen LogP contribution in [0.15, 0.2) is 30.3 Å². The van der Waals surface area contributed by atoms with Gasteiger partial charge in [-0.2, -0.15) is 0 Å². The molecule has 1 aliphatic heterocycles. The Morgan fingerprint density at radius 1 is 0.917 bits per heavy atom. The van der Waals surface area contributed by atoms with Gasteiger partial charge < -0.3 is 31.1 Å². The van der Waals surface area contributed by atoms with Gasteiger partial charge in [-0.1, -0.05) is 18.2 Å². The summed E-state index contributed by atoms with van der Waals surface area (Å²) >= 11 is 0. The van der Waals surface area contributed by atoms with Crippen LogP contribution in [-0.2, 0) is 24.0 Å². The van der Waals surface area contributed by atoms with Crippen LogP contribution < -0.4 is 21.3 Å². The maximum absolute atomic E-state index is 12.3. The van der Waals surface area contributed by atoms with Gasteiger partial charge in [0.25, 0.3) is 11.8 Å². The summed E-state index contributed by atoms with van der Waals surface area (Å²) in [5.74, 6) is -3.88. The summed E-state index contributed by atoms with van der Waals surface area (Å²) < 4.78 is 0. The van der Waals surface area contributed by atoms with Crippen LogP contribution in [0.1, 0.15) is 30.1 Å². The first-order valence-electron chi connectivity index (χ1n) is 11.7. The highest BCUT2D eigenvalue weighted by Crippen LogP contribution is 2.13. The lowest BCUT2D eigenvalue weighted by Gasteiger charge is -2.35. The Labute approximate surface area is 210 Å². The van der Waals surface area contributed by atoms with E-state index in [4.69, 9.17) is 0 Å². The largest absolute Gasteiger partial charge is 0.347 e. The van der Waals surface area contributed by atoms with Gasteiger partial charge in [0.2, 0.25) is 23.5 Å². The zero-order valence-electron chi connectivity index (χ0n) is 20.8. The number of likely N-dealkylation sites (tertiary alicyclic amines) is 1. The summed E-state index contributed by atoms with van der Waals surface area (Å²) in [5, 5.41) is 9.40. The number of carbonyl (C=O) groups excluding carboxylic acids is 6. The summed E-state index contributed by atoms with van der Waals surface area (Å²) in [6, 6.07) is 7.74. The van der Waals surface area contributed by atoms with E-state index in [1.165, 1.54) is 6.92 Å². The second-order valence-electron chi connectivity index (χ2n) is 8.74. The minimum Gasteiger partial charge on any atom is -0.347 e. The second kappa shape index (κ2) is 13.9. The number of amides is 5. The quantitative estimate of drug-likeness (QED) is 0.262. The molecule has 0 spiro atoms. The fourth-order valence-electron chi connectivity index (χ4n) is 3.61. The number of hydrogen-bond acceptors (Lipinski definition) is 7. The van der Waals surface area contributed by atoms with E-state index in [0.717, 1.165) is 12.8 Å². The predicted molar refractivity (Wildman–Crippen MR) is 131 cm³/mol. The van der Waals surface area contributed by atoms with Crippen molar-refractivity contribution in [3.63, 3.8) is 0 Å². The van der Waals surface area contributed by atoms with Crippen molar-refractivity contribution in [1.29, 1.82) is 0 Å². The maximum Gasteiger partial charge on any atom is 0.289 e. The number of piperidine rings is 1. The molecule has 1 atom stereocenters. The van der Waals surface area contributed by atoms with Gasteiger partial charge in [-0.05, 0) is 46.0 Å². The third-order valence-electron chi connectivity index (χ3n) is 5.84. The van der Waals surface area contributed by atoms with E-state index in [9.17, 15) is 28.8 Å². The van der Waals surface area contributed by atoms with Crippen LogP contribution in [0.4, 0.5) is 0 Å². The van der Waals surface area contributed by atoms with Gasteiger partial charge in [0, 0.05) is 24.7 Å². The molecular formula is C24H34N6O6. The normalized spacial score (nSPS) is 14.5. The lowest BCUT2D eigenvalue weighted by molar-refractivity contribution is -0.140. The molecule has 0 aliphatic carbocycles. The van der Waals surface area contributed by atoms with Crippen molar-refractivity contribution in [1.82, 2.24) is 31.1 Å². The SMILES string of the molecule is C[C@H](NC(=O)CNC(=O)c1ccccc1)C(=O)NCC(=O)C(=O)NCC(=O)N1CCC(N(C)C)CC1. The molecule has 4 N–H and O–H groups in total. The van der Waals surface area contributed by atoms with Gasteiger partial charge in [0.15, 0.2) is 0 Å². The summed E-state index contributed by atoms with van der Waals surface area (Å²) in [6.07, 6.45) is 1.68. The van der Waals surface area contributed by atoms with Crippen molar-refractivity contribution in [2.45, 2.75) is 31.8 Å². The van der Waals surface area contributed by atoms with Crippen molar-refractivity contribution >= 4 is 35.3 Å². The Hall–Kier alpha value is -3.80. The van der Waals surface area contributed by atoms with Crippen molar-refractivity contribution < 1.29 is 28.8 Å². The Morgan fingerprint density at radius 2 is 1.56 bits per heavy atom. The number of hydrogen-bond donors (Lipinski definition) is 4. The first-order chi connectivity index (χ1) is 17.1. The number of ketones is 1. The number of Topliss-reactive ketones (excluding diaryl/α,β-unsaturated/α-hetero) is 1. The molecule has 196 valence electrons. The van der Waals surface area contributed by atoms with E-state index in [-0.39, 0.29) is 19.0 Å². The average molecular weight is 503 g/mol. The molecule has 1 aromatic carbocycles. The number of nitrogens with one attached hydrogen (secondary N) is 4. The zero-order valence-corrected chi connectivity index (χ0v) is 20.8. The monoisotopic (exact) mass is 502 g/mol. The highest BCUT2D eigenvalue weighted by Gasteiger charge is 2.25. The van der Waals surface area contributed by atoms with Gasteiger partial charge in [0.1, 0.15) is 6.04 Å². The van der Waals surface area contributed by atoms with E-state index < -0.39 is 42.0 Å². The molecule has 12 heteroatoms. The third-order valence-corrected chi connectivity index (χ3v) is 5.84. The molecule has 36 heavy (non-hydrogen) atoms. The Morgan fingerprint density at radius 3 is 2.17 bits per heavy atom. The molecule has 12 nitrogen and oxygen atoms in total. The summed E-state index contributed by atoms with van der Waals surface area (Å²) in [7, 11) is 3.99. The van der Waals surface area contributed by atoms with Crippen LogP contribution in [0.5, 0.6) is 0 Å². The molecular weight excluding hydrogens is 468 g/mol. The van der Waals surface area contributed by atoms with E-state index in [1.807, 2.05) is 14.1 Å². The second-order valence-corrected chi connectivity index (χ2v) is 8.74. The predicted octanol–water partition coefficient (Wildman–Crippen LogP) is -1.72. The van der Waals surface area contributed by atoms with Crippen molar-refractivity contribution in [2.75, 3.05) is 46.8 Å². The lowest BCUT2D eigenvalue weighted by atomic mass is 10.0. The Balaban J connectivity index is 1.64. The lowest BCUT2D eigenvalue weighted by Crippen LogP contribution is -2.50. The third kappa shape index (κ3) is 9.10. The molecule has 1 aliphatic rings. The van der Waals surface area contributed by atoms with E-state index >= 15 is 0 Å². The number of nitrogens with zero attached hydrogens (tertiary/aromatic N) is 2. The van der Waals surface area contributed by atoms with E-state index in [0.29, 0.717) is 24.7 Å². The molecule has 0 saturated carbocycles. The Kier molecular flexibility index (Phi) is 11.0. The van der Waals surface area contributed by atoms with Crippen molar-refractivity contribution in [3.8, 4) is 0 Å². The molecule has 0 radical (unpaired) electrons. The minimum absolute atomic E-state index is 0.270. The molecule has 1 saturated heterocycles. The van der Waals surface area contributed by atoms with Crippen LogP contribution in [0, 0.1) is 0 Å². The molecule has 0 aromatic heterocycles. The summed E-state index contributed by atoms with van der Waals surface area (Å²) in [4.78, 5) is 76.2. The number of benzene rings is 1. The zero-order chi connectivity index (χ0) is 26.7. The van der Waals surface area contributed by atoms with E-state index in [2.05, 4.69) is 26.2 Å². The summed E-state index contributed by atoms with van der Waals surface area (Å²) in [6.45, 7) is 1.34. The molecule has 2 rings (SSSR count). The highest BCUT2D eigenvalue weighted by molar-refractivity contribution is 6.37. The van der Waals surface area contributed by atoms with Gasteiger partial charge in [-0.3, -0.25) is 28.8 Å². The fourth-order valence-corrected chi connectivity index (χ4v) is 3.61. The number of carbonyl (C=O) groups is 6. The average Bonchev–Trinajstić information content (AvgIpc) is 2.88. The molecule has 0 bridgehead atoms. The molecule has 5 amide bonds. The number of rotatable bonds is 11. The van der Waals surface area contributed by atoms with Crippen LogP contribution in [-0.4, -0.2) is 104 Å². The summed E-state index contributed by atoms with van der Waals surface area (Å²) in [5.41, 5.74) is 0.392.